The number of carbonyl (C=O) groups is 1. The number of hydrogen-bond donors (Lipinski definition) is 1. The molecule has 0 saturated carbocycles. The first-order chi connectivity index (χ1) is 12.6. The van der Waals surface area contributed by atoms with Crippen molar-refractivity contribution in [1.29, 1.82) is 0 Å². The minimum absolute atomic E-state index is 0.0272. The first-order valence-corrected chi connectivity index (χ1v) is 8.45. The number of aromatic nitrogens is 1. The Morgan fingerprint density at radius 1 is 1.08 bits per heavy atom. The highest BCUT2D eigenvalue weighted by Crippen LogP contribution is 2.22. The largest absolute Gasteiger partial charge is 0.497 e. The first kappa shape index (κ1) is 16.3. The lowest BCUT2D eigenvalue weighted by Gasteiger charge is -2.36. The number of ether oxygens (including phenoxy) is 1. The van der Waals surface area contributed by atoms with Crippen LogP contribution in [0.1, 0.15) is 10.4 Å². The molecule has 1 fully saturated rings. The summed E-state index contributed by atoms with van der Waals surface area (Å²) in [7, 11) is 1.60. The average Bonchev–Trinajstić information content (AvgIpc) is 3.07. The summed E-state index contributed by atoms with van der Waals surface area (Å²) in [6.45, 7) is 2.73. The summed E-state index contributed by atoms with van der Waals surface area (Å²) in [4.78, 5) is 30.6. The standard InChI is InChI=1S/C19H19N3O4/c1-25-15-5-2-13(3-6-15)18(23)22-10-8-21(9-11-22)14-4-7-16-17(12-14)26-19(24)20-16/h2-7,12H,8-11H2,1H3,(H,20,24). The quantitative estimate of drug-likeness (QED) is 0.780. The molecule has 0 aliphatic carbocycles. The van der Waals surface area contributed by atoms with E-state index in [1.807, 2.05) is 23.1 Å². The maximum Gasteiger partial charge on any atom is 0.417 e. The third-order valence-corrected chi connectivity index (χ3v) is 4.67. The molecule has 3 aromatic rings. The molecule has 7 nitrogen and oxygen atoms in total. The minimum Gasteiger partial charge on any atom is -0.497 e. The van der Waals surface area contributed by atoms with E-state index in [2.05, 4.69) is 9.88 Å². The number of carbonyl (C=O) groups excluding carboxylic acids is 1. The number of rotatable bonds is 3. The lowest BCUT2D eigenvalue weighted by atomic mass is 10.1. The zero-order valence-electron chi connectivity index (χ0n) is 14.4. The lowest BCUT2D eigenvalue weighted by molar-refractivity contribution is 0.0746. The number of oxazole rings is 1. The lowest BCUT2D eigenvalue weighted by Crippen LogP contribution is -2.48. The van der Waals surface area contributed by atoms with Gasteiger partial charge in [-0.25, -0.2) is 4.79 Å². The van der Waals surface area contributed by atoms with Crippen LogP contribution in [-0.2, 0) is 0 Å². The van der Waals surface area contributed by atoms with Crippen molar-refractivity contribution in [3.05, 3.63) is 58.6 Å². The third kappa shape index (κ3) is 3.03. The molecule has 0 atom stereocenters. The summed E-state index contributed by atoms with van der Waals surface area (Å²) >= 11 is 0. The van der Waals surface area contributed by atoms with Gasteiger partial charge in [0.05, 0.1) is 12.6 Å². The number of methoxy groups -OCH3 is 1. The highest BCUT2D eigenvalue weighted by Gasteiger charge is 2.22. The van der Waals surface area contributed by atoms with Crippen molar-refractivity contribution in [2.45, 2.75) is 0 Å². The van der Waals surface area contributed by atoms with Gasteiger partial charge in [-0.3, -0.25) is 9.78 Å². The highest BCUT2D eigenvalue weighted by molar-refractivity contribution is 5.94. The number of fused-ring (bicyclic) bond motifs is 1. The predicted octanol–water partition coefficient (Wildman–Crippen LogP) is 2.09. The summed E-state index contributed by atoms with van der Waals surface area (Å²) in [6, 6.07) is 12.8. The van der Waals surface area contributed by atoms with Crippen molar-refractivity contribution in [3.63, 3.8) is 0 Å². The molecule has 2 aromatic carbocycles. The summed E-state index contributed by atoms with van der Waals surface area (Å²) in [5.41, 5.74) is 2.88. The van der Waals surface area contributed by atoms with Gasteiger partial charge in [-0.15, -0.1) is 0 Å². The Kier molecular flexibility index (Phi) is 4.12. The number of aromatic amines is 1. The number of hydrogen-bond acceptors (Lipinski definition) is 5. The fourth-order valence-electron chi connectivity index (χ4n) is 3.21. The van der Waals surface area contributed by atoms with Crippen molar-refractivity contribution in [1.82, 2.24) is 9.88 Å². The van der Waals surface area contributed by atoms with E-state index in [1.54, 1.807) is 31.4 Å². The molecule has 1 aromatic heterocycles. The average molecular weight is 353 g/mol. The van der Waals surface area contributed by atoms with Crippen LogP contribution in [-0.4, -0.2) is 49.1 Å². The summed E-state index contributed by atoms with van der Waals surface area (Å²) in [5.74, 6) is 0.310. The van der Waals surface area contributed by atoms with Crippen LogP contribution in [0.15, 0.2) is 51.7 Å². The van der Waals surface area contributed by atoms with Gasteiger partial charge in [0.15, 0.2) is 5.58 Å². The monoisotopic (exact) mass is 353 g/mol. The Morgan fingerprint density at radius 3 is 2.50 bits per heavy atom. The molecule has 1 aliphatic rings. The van der Waals surface area contributed by atoms with Crippen molar-refractivity contribution < 1.29 is 13.9 Å². The second kappa shape index (κ2) is 6.59. The number of amides is 1. The molecule has 26 heavy (non-hydrogen) atoms. The number of nitrogens with one attached hydrogen (secondary N) is 1. The van der Waals surface area contributed by atoms with Crippen LogP contribution in [0.5, 0.6) is 5.75 Å². The fraction of sp³-hybridized carbons (Fsp3) is 0.263. The second-order valence-electron chi connectivity index (χ2n) is 6.20. The topological polar surface area (TPSA) is 78.8 Å². The Morgan fingerprint density at radius 2 is 1.81 bits per heavy atom. The number of piperazine rings is 1. The van der Waals surface area contributed by atoms with Gasteiger partial charge in [0.2, 0.25) is 0 Å². The molecule has 0 unspecified atom stereocenters. The van der Waals surface area contributed by atoms with E-state index in [0.29, 0.717) is 29.8 Å². The van der Waals surface area contributed by atoms with Crippen LogP contribution in [0.2, 0.25) is 0 Å². The van der Waals surface area contributed by atoms with E-state index in [0.717, 1.165) is 24.5 Å². The maximum atomic E-state index is 12.6. The SMILES string of the molecule is COc1ccc(C(=O)N2CCN(c3ccc4[nH]c(=O)oc4c3)CC2)cc1. The molecular weight excluding hydrogens is 334 g/mol. The van der Waals surface area contributed by atoms with Crippen LogP contribution in [0.25, 0.3) is 11.1 Å². The molecule has 0 spiro atoms. The van der Waals surface area contributed by atoms with Gasteiger partial charge in [-0.1, -0.05) is 0 Å². The second-order valence-corrected chi connectivity index (χ2v) is 6.20. The molecule has 7 heteroatoms. The van der Waals surface area contributed by atoms with Crippen LogP contribution in [0.3, 0.4) is 0 Å². The van der Waals surface area contributed by atoms with Gasteiger partial charge in [-0.2, -0.15) is 0 Å². The molecule has 2 heterocycles. The van der Waals surface area contributed by atoms with E-state index in [4.69, 9.17) is 9.15 Å². The van der Waals surface area contributed by atoms with Crippen molar-refractivity contribution in [2.75, 3.05) is 38.2 Å². The number of H-pyrrole nitrogens is 1. The molecule has 0 radical (unpaired) electrons. The molecule has 1 amide bonds. The van der Waals surface area contributed by atoms with Gasteiger partial charge in [0.1, 0.15) is 5.75 Å². The van der Waals surface area contributed by atoms with E-state index in [1.165, 1.54) is 0 Å². The fourth-order valence-corrected chi connectivity index (χ4v) is 3.21. The Labute approximate surface area is 149 Å². The smallest absolute Gasteiger partial charge is 0.417 e. The van der Waals surface area contributed by atoms with Crippen LogP contribution < -0.4 is 15.4 Å². The van der Waals surface area contributed by atoms with E-state index < -0.39 is 5.76 Å². The van der Waals surface area contributed by atoms with Crippen molar-refractivity contribution in [3.8, 4) is 5.75 Å². The Bertz CT molecular complexity index is 982. The zero-order valence-corrected chi connectivity index (χ0v) is 14.4. The number of benzene rings is 2. The van der Waals surface area contributed by atoms with Gasteiger partial charge >= 0.3 is 5.76 Å². The Balaban J connectivity index is 1.43. The summed E-state index contributed by atoms with van der Waals surface area (Å²) in [5, 5.41) is 0. The van der Waals surface area contributed by atoms with E-state index >= 15 is 0 Å². The predicted molar refractivity (Wildman–Crippen MR) is 97.9 cm³/mol. The van der Waals surface area contributed by atoms with Crippen LogP contribution in [0.4, 0.5) is 5.69 Å². The molecule has 1 aliphatic heterocycles. The maximum absolute atomic E-state index is 12.6. The number of nitrogens with zero attached hydrogens (tertiary/aromatic N) is 2. The normalized spacial score (nSPS) is 14.7. The number of anilines is 1. The molecule has 1 saturated heterocycles. The van der Waals surface area contributed by atoms with Gasteiger partial charge in [0.25, 0.3) is 5.91 Å². The van der Waals surface area contributed by atoms with Crippen molar-refractivity contribution >= 4 is 22.7 Å². The molecule has 1 N–H and O–H groups in total. The summed E-state index contributed by atoms with van der Waals surface area (Å²) in [6.07, 6.45) is 0. The third-order valence-electron chi connectivity index (χ3n) is 4.67. The van der Waals surface area contributed by atoms with E-state index in [9.17, 15) is 9.59 Å². The van der Waals surface area contributed by atoms with Gasteiger partial charge in [-0.05, 0) is 36.4 Å². The van der Waals surface area contributed by atoms with E-state index in [-0.39, 0.29) is 5.91 Å². The van der Waals surface area contributed by atoms with Gasteiger partial charge < -0.3 is 19.0 Å². The summed E-state index contributed by atoms with van der Waals surface area (Å²) < 4.78 is 10.3. The first-order valence-electron chi connectivity index (χ1n) is 8.45. The highest BCUT2D eigenvalue weighted by atomic mass is 16.5. The Hall–Kier alpha value is -3.22. The minimum atomic E-state index is -0.452. The molecule has 134 valence electrons. The van der Waals surface area contributed by atoms with Crippen LogP contribution in [0, 0.1) is 0 Å². The van der Waals surface area contributed by atoms with Crippen molar-refractivity contribution in [2.24, 2.45) is 0 Å². The molecule has 0 bridgehead atoms. The molecular formula is C19H19N3O4. The molecule has 4 rings (SSSR count). The zero-order chi connectivity index (χ0) is 18.1. The van der Waals surface area contributed by atoms with Gasteiger partial charge in [0, 0.05) is 43.5 Å². The van der Waals surface area contributed by atoms with Crippen LogP contribution >= 0.6 is 0 Å².